The highest BCUT2D eigenvalue weighted by atomic mass is 32.1. The highest BCUT2D eigenvalue weighted by Gasteiger charge is 2.35. The Morgan fingerprint density at radius 2 is 0.872 bits per heavy atom. The van der Waals surface area contributed by atoms with E-state index in [9.17, 15) is 0 Å². The normalized spacial score (nSPS) is 13.5. The number of benzene rings is 8. The Kier molecular flexibility index (Phi) is 5.57. The van der Waals surface area contributed by atoms with Gasteiger partial charge in [-0.15, -0.1) is 11.3 Å². The Balaban J connectivity index is 1.25. The fourth-order valence-corrected chi connectivity index (χ4v) is 9.25. The molecule has 0 radical (unpaired) electrons. The first-order chi connectivity index (χ1) is 23.1. The molecule has 0 N–H and O–H groups in total. The van der Waals surface area contributed by atoms with Crippen LogP contribution in [-0.4, -0.2) is 0 Å². The van der Waals surface area contributed by atoms with Crippen molar-refractivity contribution in [1.29, 1.82) is 0 Å². The van der Waals surface area contributed by atoms with Gasteiger partial charge in [0, 0.05) is 42.6 Å². The molecule has 0 fully saturated rings. The molecule has 222 valence electrons. The quantitative estimate of drug-likeness (QED) is 0.178. The van der Waals surface area contributed by atoms with Gasteiger partial charge in [-0.25, -0.2) is 0 Å². The molecule has 0 amide bonds. The topological polar surface area (TPSA) is 3.24 Å². The van der Waals surface area contributed by atoms with Crippen LogP contribution >= 0.6 is 11.3 Å². The average Bonchev–Trinajstić information content (AvgIpc) is 3.60. The highest BCUT2D eigenvalue weighted by Crippen LogP contribution is 2.51. The van der Waals surface area contributed by atoms with Gasteiger partial charge < -0.3 is 4.90 Å². The van der Waals surface area contributed by atoms with Crippen molar-refractivity contribution in [2.75, 3.05) is 4.90 Å². The number of hydrogen-bond acceptors (Lipinski definition) is 2. The van der Waals surface area contributed by atoms with Crippen LogP contribution in [0.25, 0.3) is 63.6 Å². The van der Waals surface area contributed by atoms with E-state index in [0.29, 0.717) is 0 Å². The second-order valence-corrected chi connectivity index (χ2v) is 14.4. The standard InChI is InChI=1S/C45H31NS/c1-45(2)41-17-9-7-15-36(41)37-23-20-30(27-42(37)45)46(29-21-24-44-40(26-29)38-16-8-10-18-43(38)47-44)28-19-22-35-33-13-4-3-11-31(33)32-12-5-6-14-34(32)39(35)25-28/h3-27H,1-2H3. The van der Waals surface area contributed by atoms with E-state index in [1.54, 1.807) is 0 Å². The molecule has 1 aromatic heterocycles. The van der Waals surface area contributed by atoms with E-state index < -0.39 is 0 Å². The summed E-state index contributed by atoms with van der Waals surface area (Å²) >= 11 is 1.87. The van der Waals surface area contributed by atoms with E-state index in [1.807, 2.05) is 11.3 Å². The first-order valence-electron chi connectivity index (χ1n) is 16.4. The van der Waals surface area contributed by atoms with Gasteiger partial charge >= 0.3 is 0 Å². The number of rotatable bonds is 3. The largest absolute Gasteiger partial charge is 0.310 e. The van der Waals surface area contributed by atoms with Crippen LogP contribution in [0.3, 0.4) is 0 Å². The Hall–Kier alpha value is -5.44. The lowest BCUT2D eigenvalue weighted by atomic mass is 9.82. The third kappa shape index (κ3) is 3.83. The summed E-state index contributed by atoms with van der Waals surface area (Å²) in [6, 6.07) is 56.5. The summed E-state index contributed by atoms with van der Waals surface area (Å²) in [4.78, 5) is 2.47. The van der Waals surface area contributed by atoms with Gasteiger partial charge in [-0.3, -0.25) is 0 Å². The van der Waals surface area contributed by atoms with Crippen LogP contribution in [0.2, 0.25) is 0 Å². The molecule has 47 heavy (non-hydrogen) atoms. The van der Waals surface area contributed by atoms with Crippen molar-refractivity contribution >= 4 is 80.9 Å². The monoisotopic (exact) mass is 617 g/mol. The van der Waals surface area contributed by atoms with Gasteiger partial charge in [-0.05, 0) is 103 Å². The molecule has 1 heterocycles. The number of hydrogen-bond donors (Lipinski definition) is 0. The van der Waals surface area contributed by atoms with Gasteiger partial charge in [-0.2, -0.15) is 0 Å². The van der Waals surface area contributed by atoms with E-state index in [2.05, 4.69) is 170 Å². The van der Waals surface area contributed by atoms with E-state index in [-0.39, 0.29) is 5.41 Å². The minimum absolute atomic E-state index is 0.0837. The molecule has 10 rings (SSSR count). The fraction of sp³-hybridized carbons (Fsp3) is 0.0667. The van der Waals surface area contributed by atoms with Gasteiger partial charge in [0.2, 0.25) is 0 Å². The highest BCUT2D eigenvalue weighted by molar-refractivity contribution is 7.25. The van der Waals surface area contributed by atoms with E-state index in [0.717, 1.165) is 5.69 Å². The maximum absolute atomic E-state index is 2.47. The van der Waals surface area contributed by atoms with Crippen LogP contribution in [0.15, 0.2) is 152 Å². The smallest absolute Gasteiger partial charge is 0.0468 e. The van der Waals surface area contributed by atoms with Gasteiger partial charge in [-0.1, -0.05) is 117 Å². The molecule has 2 heteroatoms. The first-order valence-corrected chi connectivity index (χ1v) is 17.2. The minimum Gasteiger partial charge on any atom is -0.310 e. The predicted molar refractivity (Wildman–Crippen MR) is 204 cm³/mol. The lowest BCUT2D eigenvalue weighted by molar-refractivity contribution is 0.660. The van der Waals surface area contributed by atoms with Gasteiger partial charge in [0.1, 0.15) is 0 Å². The number of thiophene rings is 1. The maximum atomic E-state index is 2.47. The zero-order valence-corrected chi connectivity index (χ0v) is 27.1. The number of nitrogens with zero attached hydrogens (tertiary/aromatic N) is 1. The van der Waals surface area contributed by atoms with E-state index in [4.69, 9.17) is 0 Å². The number of anilines is 3. The molecular weight excluding hydrogens is 587 g/mol. The summed E-state index contributed by atoms with van der Waals surface area (Å²) in [5.41, 5.74) is 8.87. The van der Waals surface area contributed by atoms with Gasteiger partial charge in [0.05, 0.1) is 0 Å². The van der Waals surface area contributed by atoms with Crippen molar-refractivity contribution in [3.63, 3.8) is 0 Å². The average molecular weight is 618 g/mol. The molecular formula is C45H31NS. The first kappa shape index (κ1) is 26.7. The molecule has 8 aromatic carbocycles. The Labute approximate surface area is 278 Å². The minimum atomic E-state index is -0.0837. The summed E-state index contributed by atoms with van der Waals surface area (Å²) in [7, 11) is 0. The maximum Gasteiger partial charge on any atom is 0.0468 e. The SMILES string of the molecule is CC1(C)c2ccccc2-c2ccc(N(c3ccc4sc5ccccc5c4c3)c3ccc4c5ccccc5c5ccccc5c4c3)cc21. The molecule has 0 saturated carbocycles. The van der Waals surface area contributed by atoms with Crippen LogP contribution in [0.4, 0.5) is 17.1 Å². The van der Waals surface area contributed by atoms with Crippen molar-refractivity contribution < 1.29 is 0 Å². The van der Waals surface area contributed by atoms with Crippen molar-refractivity contribution in [1.82, 2.24) is 0 Å². The summed E-state index contributed by atoms with van der Waals surface area (Å²) in [5.74, 6) is 0. The molecule has 1 nitrogen and oxygen atoms in total. The van der Waals surface area contributed by atoms with Crippen molar-refractivity contribution in [3.8, 4) is 11.1 Å². The number of fused-ring (bicyclic) bond motifs is 12. The second kappa shape index (κ2) is 9.78. The summed E-state index contributed by atoms with van der Waals surface area (Å²) in [6.45, 7) is 4.73. The summed E-state index contributed by atoms with van der Waals surface area (Å²) in [5, 5.41) is 10.4. The third-order valence-corrected chi connectivity index (χ3v) is 11.6. The lowest BCUT2D eigenvalue weighted by Gasteiger charge is -2.28. The van der Waals surface area contributed by atoms with Crippen molar-refractivity contribution in [2.45, 2.75) is 19.3 Å². The van der Waals surface area contributed by atoms with Crippen molar-refractivity contribution in [2.24, 2.45) is 0 Å². The zero-order valence-electron chi connectivity index (χ0n) is 26.3. The summed E-state index contributed by atoms with van der Waals surface area (Å²) < 4.78 is 2.64. The van der Waals surface area contributed by atoms with Crippen LogP contribution in [0, 0.1) is 0 Å². The van der Waals surface area contributed by atoms with Crippen molar-refractivity contribution in [3.05, 3.63) is 163 Å². The Morgan fingerprint density at radius 1 is 0.383 bits per heavy atom. The van der Waals surface area contributed by atoms with Gasteiger partial charge in [0.15, 0.2) is 0 Å². The Morgan fingerprint density at radius 3 is 1.62 bits per heavy atom. The van der Waals surface area contributed by atoms with Crippen LogP contribution in [0.1, 0.15) is 25.0 Å². The molecule has 1 aliphatic carbocycles. The van der Waals surface area contributed by atoms with E-state index >= 15 is 0 Å². The second-order valence-electron chi connectivity index (χ2n) is 13.3. The molecule has 0 aliphatic heterocycles. The fourth-order valence-electron chi connectivity index (χ4n) is 8.17. The lowest BCUT2D eigenvalue weighted by Crippen LogP contribution is -2.16. The van der Waals surface area contributed by atoms with Crippen LogP contribution in [0.5, 0.6) is 0 Å². The van der Waals surface area contributed by atoms with E-state index in [1.165, 1.54) is 86.1 Å². The molecule has 0 atom stereocenters. The molecule has 0 unspecified atom stereocenters. The van der Waals surface area contributed by atoms with Gasteiger partial charge in [0.25, 0.3) is 0 Å². The molecule has 9 aromatic rings. The predicted octanol–water partition coefficient (Wildman–Crippen LogP) is 13.3. The third-order valence-electron chi connectivity index (χ3n) is 10.4. The molecule has 0 spiro atoms. The van der Waals surface area contributed by atoms with Crippen LogP contribution < -0.4 is 4.90 Å². The Bertz CT molecular complexity index is 2690. The molecule has 0 bridgehead atoms. The molecule has 1 aliphatic rings. The van der Waals surface area contributed by atoms with Crippen LogP contribution in [-0.2, 0) is 5.41 Å². The molecule has 0 saturated heterocycles. The zero-order chi connectivity index (χ0) is 31.3. The summed E-state index contributed by atoms with van der Waals surface area (Å²) in [6.07, 6.45) is 0.